The molecule has 0 spiro atoms. The number of likely N-dealkylation sites (N-methyl/N-ethyl adjacent to an activating group) is 1. The molecular formula is C26H49N3O4. The minimum absolute atomic E-state index is 0.0734. The van der Waals surface area contributed by atoms with Gasteiger partial charge in [-0.15, -0.1) is 0 Å². The average molecular weight is 468 g/mol. The highest BCUT2D eigenvalue weighted by molar-refractivity contribution is 5.92. The Morgan fingerprint density at radius 2 is 1.52 bits per heavy atom. The molecule has 33 heavy (non-hydrogen) atoms. The number of carbonyl (C=O) groups excluding carboxylic acids is 3. The number of nitrogens with zero attached hydrogens (tertiary/aromatic N) is 1. The molecule has 0 fully saturated rings. The van der Waals surface area contributed by atoms with Crippen LogP contribution in [0.1, 0.15) is 88.5 Å². The largest absolute Gasteiger partial charge is 0.463 e. The summed E-state index contributed by atoms with van der Waals surface area (Å²) >= 11 is 0. The van der Waals surface area contributed by atoms with Crippen molar-refractivity contribution >= 4 is 17.8 Å². The highest BCUT2D eigenvalue weighted by Gasteiger charge is 2.39. The molecule has 0 radical (unpaired) electrons. The van der Waals surface area contributed by atoms with Crippen molar-refractivity contribution in [2.75, 3.05) is 13.7 Å². The van der Waals surface area contributed by atoms with Crippen LogP contribution in [0, 0.1) is 11.8 Å². The Balaban J connectivity index is 5.88. The van der Waals surface area contributed by atoms with Gasteiger partial charge in [0.1, 0.15) is 6.04 Å². The second-order valence-electron chi connectivity index (χ2n) is 9.69. The van der Waals surface area contributed by atoms with Gasteiger partial charge in [0, 0.05) is 18.7 Å². The van der Waals surface area contributed by atoms with Crippen LogP contribution in [-0.4, -0.2) is 60.0 Å². The first kappa shape index (κ1) is 31.1. The highest BCUT2D eigenvalue weighted by atomic mass is 16.5. The smallest absolute Gasteiger partial charge is 0.333 e. The van der Waals surface area contributed by atoms with E-state index in [0.717, 1.165) is 6.42 Å². The van der Waals surface area contributed by atoms with Crippen molar-refractivity contribution in [2.24, 2.45) is 11.8 Å². The van der Waals surface area contributed by atoms with Crippen molar-refractivity contribution in [3.05, 3.63) is 11.6 Å². The molecule has 0 rings (SSSR count). The van der Waals surface area contributed by atoms with Crippen LogP contribution in [0.4, 0.5) is 0 Å². The van der Waals surface area contributed by atoms with Crippen molar-refractivity contribution in [1.29, 1.82) is 0 Å². The molecule has 192 valence electrons. The predicted molar refractivity (Wildman–Crippen MR) is 135 cm³/mol. The van der Waals surface area contributed by atoms with Gasteiger partial charge in [-0.2, -0.15) is 0 Å². The zero-order valence-corrected chi connectivity index (χ0v) is 22.9. The van der Waals surface area contributed by atoms with E-state index in [0.29, 0.717) is 25.0 Å². The second-order valence-corrected chi connectivity index (χ2v) is 9.69. The molecule has 0 aliphatic carbocycles. The number of hydrogen-bond acceptors (Lipinski definition) is 5. The Morgan fingerprint density at radius 3 is 1.91 bits per heavy atom. The van der Waals surface area contributed by atoms with Crippen LogP contribution in [0.15, 0.2) is 11.6 Å². The lowest BCUT2D eigenvalue weighted by Gasteiger charge is -2.38. The average Bonchev–Trinajstić information content (AvgIpc) is 2.77. The highest BCUT2D eigenvalue weighted by Crippen LogP contribution is 2.21. The standard InChI is InChI=1S/C26H49N3O4/c1-12-20(10)28-26(13-2,14-3)25(32)27-22(18(7)8)23(30)29(11)21(17(5)6)16-19(9)24(31)33-15-4/h16-18,20-22,28H,12-15H2,1-11H3,(H,27,32)/t20?,21-,22+/m1/s1. The summed E-state index contributed by atoms with van der Waals surface area (Å²) in [7, 11) is 1.73. The third-order valence-electron chi connectivity index (χ3n) is 6.49. The Morgan fingerprint density at radius 1 is 0.970 bits per heavy atom. The Kier molecular flexibility index (Phi) is 13.6. The van der Waals surface area contributed by atoms with Gasteiger partial charge in [-0.05, 0) is 51.9 Å². The molecule has 1 unspecified atom stereocenters. The molecule has 0 bridgehead atoms. The zero-order valence-electron chi connectivity index (χ0n) is 22.9. The number of hydrogen-bond donors (Lipinski definition) is 2. The van der Waals surface area contributed by atoms with Crippen molar-refractivity contribution in [1.82, 2.24) is 15.5 Å². The molecule has 0 aromatic carbocycles. The summed E-state index contributed by atoms with van der Waals surface area (Å²) in [4.78, 5) is 40.8. The molecule has 2 N–H and O–H groups in total. The van der Waals surface area contributed by atoms with Gasteiger partial charge in [-0.3, -0.25) is 9.59 Å². The third kappa shape index (κ3) is 8.76. The Labute approximate surface area is 202 Å². The van der Waals surface area contributed by atoms with Crippen LogP contribution in [-0.2, 0) is 19.1 Å². The molecule has 2 amide bonds. The topological polar surface area (TPSA) is 87.7 Å². The van der Waals surface area contributed by atoms with Crippen LogP contribution in [0.5, 0.6) is 0 Å². The molecule has 3 atom stereocenters. The van der Waals surface area contributed by atoms with Crippen LogP contribution in [0.3, 0.4) is 0 Å². The fraction of sp³-hybridized carbons (Fsp3) is 0.808. The lowest BCUT2D eigenvalue weighted by atomic mass is 9.89. The van der Waals surface area contributed by atoms with E-state index < -0.39 is 11.6 Å². The van der Waals surface area contributed by atoms with Gasteiger partial charge < -0.3 is 20.3 Å². The summed E-state index contributed by atoms with van der Waals surface area (Å²) < 4.78 is 5.09. The number of amides is 2. The van der Waals surface area contributed by atoms with E-state index in [1.807, 2.05) is 41.5 Å². The van der Waals surface area contributed by atoms with Crippen molar-refractivity contribution < 1.29 is 19.1 Å². The molecule has 7 nitrogen and oxygen atoms in total. The van der Waals surface area contributed by atoms with Crippen LogP contribution in [0.25, 0.3) is 0 Å². The molecule has 0 saturated carbocycles. The zero-order chi connectivity index (χ0) is 25.9. The normalized spacial score (nSPS) is 15.2. The summed E-state index contributed by atoms with van der Waals surface area (Å²) in [5, 5.41) is 6.54. The number of rotatable bonds is 14. The Hall–Kier alpha value is -1.89. The minimum Gasteiger partial charge on any atom is -0.463 e. The maximum atomic E-state index is 13.6. The van der Waals surface area contributed by atoms with Gasteiger partial charge in [0.15, 0.2) is 0 Å². The molecular weight excluding hydrogens is 418 g/mol. The van der Waals surface area contributed by atoms with Gasteiger partial charge >= 0.3 is 5.97 Å². The van der Waals surface area contributed by atoms with Gasteiger partial charge in [-0.25, -0.2) is 4.79 Å². The molecule has 0 saturated heterocycles. The van der Waals surface area contributed by atoms with Crippen molar-refractivity contribution in [2.45, 2.75) is 112 Å². The monoisotopic (exact) mass is 467 g/mol. The van der Waals surface area contributed by atoms with Crippen molar-refractivity contribution in [3.8, 4) is 0 Å². The summed E-state index contributed by atoms with van der Waals surface area (Å²) in [6.07, 6.45) is 3.95. The molecule has 0 aromatic heterocycles. The number of esters is 1. The van der Waals surface area contributed by atoms with Gasteiger partial charge in [0.2, 0.25) is 11.8 Å². The van der Waals surface area contributed by atoms with Gasteiger partial charge in [0.05, 0.1) is 18.2 Å². The maximum Gasteiger partial charge on any atom is 0.333 e. The number of carbonyl (C=O) groups is 3. The minimum atomic E-state index is -0.723. The van der Waals surface area contributed by atoms with Crippen molar-refractivity contribution in [3.63, 3.8) is 0 Å². The van der Waals surface area contributed by atoms with Gasteiger partial charge in [-0.1, -0.05) is 54.5 Å². The number of ether oxygens (including phenoxy) is 1. The molecule has 0 aliphatic rings. The lowest BCUT2D eigenvalue weighted by Crippen LogP contribution is -2.63. The molecule has 0 heterocycles. The van der Waals surface area contributed by atoms with E-state index >= 15 is 0 Å². The molecule has 0 aliphatic heterocycles. The van der Waals surface area contributed by atoms with Gasteiger partial charge in [0.25, 0.3) is 0 Å². The maximum absolute atomic E-state index is 13.6. The fourth-order valence-corrected chi connectivity index (χ4v) is 3.89. The SMILES string of the molecule is CCOC(=O)C(C)=C[C@H](C(C)C)N(C)C(=O)[C@@H](NC(=O)C(CC)(CC)NC(C)CC)C(C)C. The molecule has 0 aromatic rings. The van der Waals surface area contributed by atoms with E-state index in [4.69, 9.17) is 4.74 Å². The Bertz CT molecular complexity index is 668. The van der Waals surface area contributed by atoms with E-state index in [1.54, 1.807) is 31.9 Å². The van der Waals surface area contributed by atoms with Crippen LogP contribution < -0.4 is 10.6 Å². The third-order valence-corrected chi connectivity index (χ3v) is 6.49. The van der Waals surface area contributed by atoms with E-state index in [1.165, 1.54) is 0 Å². The summed E-state index contributed by atoms with van der Waals surface area (Å²) in [5.41, 5.74) is -0.256. The summed E-state index contributed by atoms with van der Waals surface area (Å²) in [6, 6.07) is -0.788. The van der Waals surface area contributed by atoms with E-state index in [9.17, 15) is 14.4 Å². The lowest BCUT2D eigenvalue weighted by molar-refractivity contribution is -0.140. The summed E-state index contributed by atoms with van der Waals surface area (Å²) in [6.45, 7) is 19.8. The van der Waals surface area contributed by atoms with E-state index in [-0.39, 0.29) is 41.7 Å². The fourth-order valence-electron chi connectivity index (χ4n) is 3.89. The summed E-state index contributed by atoms with van der Waals surface area (Å²) in [5.74, 6) is -0.724. The molecule has 7 heteroatoms. The predicted octanol–water partition coefficient (Wildman–Crippen LogP) is 4.07. The first-order valence-electron chi connectivity index (χ1n) is 12.5. The van der Waals surface area contributed by atoms with E-state index in [2.05, 4.69) is 24.5 Å². The van der Waals surface area contributed by atoms with Crippen LogP contribution in [0.2, 0.25) is 0 Å². The first-order valence-corrected chi connectivity index (χ1v) is 12.5. The number of nitrogens with one attached hydrogen (secondary N) is 2. The second kappa shape index (κ2) is 14.4. The van der Waals surface area contributed by atoms with Crippen LogP contribution >= 0.6 is 0 Å². The first-order chi connectivity index (χ1) is 15.3. The quantitative estimate of drug-likeness (QED) is 0.297.